The standard InChI is InChI=1S/C13H14N6O/c1-8(2)20-13-17-11(16-12(14)18-13)9-4-3-5-10-15-6-7-19(9)10/h3-8H,1-2H3,(H2,14,16,17,18). The lowest BCUT2D eigenvalue weighted by atomic mass is 10.3. The lowest BCUT2D eigenvalue weighted by Crippen LogP contribution is -2.11. The largest absolute Gasteiger partial charge is 0.461 e. The minimum Gasteiger partial charge on any atom is -0.461 e. The van der Waals surface area contributed by atoms with Gasteiger partial charge in [-0.05, 0) is 26.0 Å². The molecule has 7 nitrogen and oxygen atoms in total. The van der Waals surface area contributed by atoms with Crippen LogP contribution in [0.1, 0.15) is 13.8 Å². The SMILES string of the molecule is CC(C)Oc1nc(N)nc(-c2cccc3nccn23)n1. The number of ether oxygens (including phenoxy) is 1. The van der Waals surface area contributed by atoms with Crippen molar-refractivity contribution in [2.75, 3.05) is 5.73 Å². The second-order valence-corrected chi connectivity index (χ2v) is 4.53. The molecule has 3 rings (SSSR count). The lowest BCUT2D eigenvalue weighted by Gasteiger charge is -2.10. The van der Waals surface area contributed by atoms with Crippen LogP contribution in [0.25, 0.3) is 17.2 Å². The Kier molecular flexibility index (Phi) is 2.94. The average molecular weight is 270 g/mol. The molecular formula is C13H14N6O. The molecule has 0 radical (unpaired) electrons. The number of anilines is 1. The summed E-state index contributed by atoms with van der Waals surface area (Å²) in [5.41, 5.74) is 7.32. The molecule has 0 saturated heterocycles. The molecule has 0 saturated carbocycles. The molecule has 0 aliphatic carbocycles. The van der Waals surface area contributed by atoms with Crippen LogP contribution in [-0.2, 0) is 0 Å². The van der Waals surface area contributed by atoms with E-state index in [0.717, 1.165) is 11.3 Å². The number of nitrogens with zero attached hydrogens (tertiary/aromatic N) is 5. The van der Waals surface area contributed by atoms with Crippen LogP contribution >= 0.6 is 0 Å². The Labute approximate surface area is 115 Å². The zero-order chi connectivity index (χ0) is 14.1. The van der Waals surface area contributed by atoms with Crippen LogP contribution in [0.3, 0.4) is 0 Å². The first-order valence-electron chi connectivity index (χ1n) is 6.24. The molecule has 0 amide bonds. The highest BCUT2D eigenvalue weighted by molar-refractivity contribution is 5.57. The first kappa shape index (κ1) is 12.3. The second kappa shape index (κ2) is 4.76. The Morgan fingerprint density at radius 2 is 2.05 bits per heavy atom. The predicted octanol–water partition coefficient (Wildman–Crippen LogP) is 1.56. The highest BCUT2D eigenvalue weighted by Gasteiger charge is 2.11. The monoisotopic (exact) mass is 270 g/mol. The topological polar surface area (TPSA) is 91.2 Å². The van der Waals surface area contributed by atoms with Gasteiger partial charge in [-0.1, -0.05) is 6.07 Å². The van der Waals surface area contributed by atoms with Gasteiger partial charge in [0.05, 0.1) is 11.8 Å². The van der Waals surface area contributed by atoms with Crippen LogP contribution in [0, 0.1) is 0 Å². The fourth-order valence-electron chi connectivity index (χ4n) is 1.88. The van der Waals surface area contributed by atoms with Crippen LogP contribution in [0.2, 0.25) is 0 Å². The van der Waals surface area contributed by atoms with Gasteiger partial charge in [0.25, 0.3) is 0 Å². The summed E-state index contributed by atoms with van der Waals surface area (Å²) in [6, 6.07) is 5.91. The van der Waals surface area contributed by atoms with Crippen molar-refractivity contribution in [1.82, 2.24) is 24.3 Å². The van der Waals surface area contributed by atoms with E-state index < -0.39 is 0 Å². The number of hydrogen-bond acceptors (Lipinski definition) is 6. The van der Waals surface area contributed by atoms with Crippen molar-refractivity contribution in [3.05, 3.63) is 30.6 Å². The predicted molar refractivity (Wildman–Crippen MR) is 74.2 cm³/mol. The summed E-state index contributed by atoms with van der Waals surface area (Å²) in [6.45, 7) is 3.80. The van der Waals surface area contributed by atoms with Crippen molar-refractivity contribution in [1.29, 1.82) is 0 Å². The van der Waals surface area contributed by atoms with E-state index in [1.54, 1.807) is 6.20 Å². The van der Waals surface area contributed by atoms with Gasteiger partial charge in [-0.2, -0.15) is 15.0 Å². The van der Waals surface area contributed by atoms with Crippen molar-refractivity contribution < 1.29 is 4.74 Å². The summed E-state index contributed by atoms with van der Waals surface area (Å²) in [5.74, 6) is 0.583. The zero-order valence-electron chi connectivity index (χ0n) is 11.2. The Morgan fingerprint density at radius 3 is 2.85 bits per heavy atom. The molecule has 0 bridgehead atoms. The lowest BCUT2D eigenvalue weighted by molar-refractivity contribution is 0.222. The molecule has 0 fully saturated rings. The number of fused-ring (bicyclic) bond motifs is 1. The molecule has 0 spiro atoms. The molecule has 7 heteroatoms. The van der Waals surface area contributed by atoms with E-state index in [4.69, 9.17) is 10.5 Å². The van der Waals surface area contributed by atoms with Gasteiger partial charge in [0.2, 0.25) is 5.95 Å². The normalized spacial score (nSPS) is 11.2. The van der Waals surface area contributed by atoms with E-state index >= 15 is 0 Å². The highest BCUT2D eigenvalue weighted by Crippen LogP contribution is 2.19. The quantitative estimate of drug-likeness (QED) is 0.776. The molecule has 0 aromatic carbocycles. The molecule has 0 unspecified atom stereocenters. The van der Waals surface area contributed by atoms with Crippen LogP contribution < -0.4 is 10.5 Å². The summed E-state index contributed by atoms with van der Waals surface area (Å²) in [5, 5.41) is 0. The summed E-state index contributed by atoms with van der Waals surface area (Å²) in [6.07, 6.45) is 3.52. The van der Waals surface area contributed by atoms with Gasteiger partial charge in [-0.3, -0.25) is 4.40 Å². The van der Waals surface area contributed by atoms with Gasteiger partial charge < -0.3 is 10.5 Å². The van der Waals surface area contributed by atoms with Gasteiger partial charge in [-0.25, -0.2) is 4.98 Å². The summed E-state index contributed by atoms with van der Waals surface area (Å²) >= 11 is 0. The Bertz CT molecular complexity index is 751. The number of nitrogen functional groups attached to an aromatic ring is 1. The smallest absolute Gasteiger partial charge is 0.322 e. The number of aromatic nitrogens is 5. The summed E-state index contributed by atoms with van der Waals surface area (Å²) < 4.78 is 7.37. The van der Waals surface area contributed by atoms with E-state index in [2.05, 4.69) is 19.9 Å². The van der Waals surface area contributed by atoms with E-state index in [1.807, 2.05) is 42.6 Å². The van der Waals surface area contributed by atoms with Gasteiger partial charge in [0, 0.05) is 12.4 Å². The fourth-order valence-corrected chi connectivity index (χ4v) is 1.88. The molecule has 20 heavy (non-hydrogen) atoms. The molecule has 3 aromatic rings. The van der Waals surface area contributed by atoms with Gasteiger partial charge in [0.15, 0.2) is 5.82 Å². The molecule has 0 atom stereocenters. The number of hydrogen-bond donors (Lipinski definition) is 1. The van der Waals surface area contributed by atoms with Gasteiger partial charge >= 0.3 is 6.01 Å². The van der Waals surface area contributed by atoms with Crippen LogP contribution in [0.4, 0.5) is 5.95 Å². The third-order valence-corrected chi connectivity index (χ3v) is 2.63. The van der Waals surface area contributed by atoms with Crippen molar-refractivity contribution in [3.63, 3.8) is 0 Å². The minimum atomic E-state index is -0.0336. The van der Waals surface area contributed by atoms with Crippen LogP contribution in [0.15, 0.2) is 30.6 Å². The molecule has 102 valence electrons. The molecule has 2 N–H and O–H groups in total. The van der Waals surface area contributed by atoms with E-state index in [-0.39, 0.29) is 18.1 Å². The molecular weight excluding hydrogens is 256 g/mol. The third-order valence-electron chi connectivity index (χ3n) is 2.63. The Hall–Kier alpha value is -2.70. The zero-order valence-corrected chi connectivity index (χ0v) is 11.2. The second-order valence-electron chi connectivity index (χ2n) is 4.53. The average Bonchev–Trinajstić information content (AvgIpc) is 2.84. The number of pyridine rings is 1. The van der Waals surface area contributed by atoms with Crippen LogP contribution in [0.5, 0.6) is 6.01 Å². The van der Waals surface area contributed by atoms with E-state index in [1.165, 1.54) is 0 Å². The van der Waals surface area contributed by atoms with Crippen molar-refractivity contribution >= 4 is 11.6 Å². The fraction of sp³-hybridized carbons (Fsp3) is 0.231. The third kappa shape index (κ3) is 2.25. The Morgan fingerprint density at radius 1 is 1.20 bits per heavy atom. The molecule has 3 aromatic heterocycles. The Balaban J connectivity index is 2.14. The van der Waals surface area contributed by atoms with Gasteiger partial charge in [0.1, 0.15) is 5.65 Å². The minimum absolute atomic E-state index is 0.0336. The maximum absolute atomic E-state index is 5.72. The molecule has 0 aliphatic rings. The van der Waals surface area contributed by atoms with E-state index in [9.17, 15) is 0 Å². The highest BCUT2D eigenvalue weighted by atomic mass is 16.5. The number of nitrogens with two attached hydrogens (primary N) is 1. The van der Waals surface area contributed by atoms with Crippen molar-refractivity contribution in [2.45, 2.75) is 20.0 Å². The first-order valence-corrected chi connectivity index (χ1v) is 6.24. The maximum Gasteiger partial charge on any atom is 0.322 e. The van der Waals surface area contributed by atoms with E-state index in [0.29, 0.717) is 5.82 Å². The summed E-state index contributed by atoms with van der Waals surface area (Å²) in [7, 11) is 0. The van der Waals surface area contributed by atoms with Crippen molar-refractivity contribution in [3.8, 4) is 17.5 Å². The number of imidazole rings is 1. The molecule has 3 heterocycles. The maximum atomic E-state index is 5.72. The van der Waals surface area contributed by atoms with Crippen molar-refractivity contribution in [2.24, 2.45) is 0 Å². The summed E-state index contributed by atoms with van der Waals surface area (Å²) in [4.78, 5) is 16.7. The van der Waals surface area contributed by atoms with Gasteiger partial charge in [-0.15, -0.1) is 0 Å². The molecule has 0 aliphatic heterocycles. The van der Waals surface area contributed by atoms with Crippen LogP contribution in [-0.4, -0.2) is 30.4 Å². The number of rotatable bonds is 3. The first-order chi connectivity index (χ1) is 9.63.